The van der Waals surface area contributed by atoms with Crippen LogP contribution in [0.5, 0.6) is 5.75 Å². The molecule has 0 aromatic heterocycles. The van der Waals surface area contributed by atoms with Gasteiger partial charge in [-0.2, -0.15) is 0 Å². The second-order valence-corrected chi connectivity index (χ2v) is 6.06. The van der Waals surface area contributed by atoms with E-state index in [-0.39, 0.29) is 10.6 Å². The highest BCUT2D eigenvalue weighted by atomic mass is 79.9. The maximum absolute atomic E-state index is 13.7. The number of hydrogen-bond acceptors (Lipinski definition) is 1. The van der Waals surface area contributed by atoms with Gasteiger partial charge >= 0.3 is 0 Å². The van der Waals surface area contributed by atoms with Crippen molar-refractivity contribution in [2.24, 2.45) is 0 Å². The number of methoxy groups -OCH3 is 1. The molecular formula is C17H18BrFO. The zero-order chi connectivity index (χ0) is 14.7. The summed E-state index contributed by atoms with van der Waals surface area (Å²) in [5.74, 6) is 0.762. The smallest absolute Gasteiger partial charge is 0.129 e. The molecule has 0 bridgehead atoms. The topological polar surface area (TPSA) is 9.23 Å². The second kappa shape index (κ2) is 6.40. The summed E-state index contributed by atoms with van der Waals surface area (Å²) in [5.41, 5.74) is 3.60. The lowest BCUT2D eigenvalue weighted by Crippen LogP contribution is -2.00. The van der Waals surface area contributed by atoms with Gasteiger partial charge in [-0.05, 0) is 48.6 Å². The predicted molar refractivity (Wildman–Crippen MR) is 84.2 cm³/mol. The quantitative estimate of drug-likeness (QED) is 0.703. The molecule has 106 valence electrons. The SMILES string of the molecule is COc1ccccc1CC(Br)c1cc(C)c(F)c(C)c1. The van der Waals surface area contributed by atoms with Crippen LogP contribution in [0, 0.1) is 19.7 Å². The Labute approximate surface area is 127 Å². The van der Waals surface area contributed by atoms with Gasteiger partial charge in [0.2, 0.25) is 0 Å². The molecule has 2 aromatic rings. The van der Waals surface area contributed by atoms with E-state index in [0.717, 1.165) is 23.3 Å². The lowest BCUT2D eigenvalue weighted by atomic mass is 9.99. The Morgan fingerprint density at radius 3 is 2.35 bits per heavy atom. The van der Waals surface area contributed by atoms with Gasteiger partial charge in [0, 0.05) is 4.83 Å². The number of para-hydroxylation sites is 1. The van der Waals surface area contributed by atoms with E-state index in [9.17, 15) is 4.39 Å². The zero-order valence-electron chi connectivity index (χ0n) is 11.9. The van der Waals surface area contributed by atoms with Gasteiger partial charge in [-0.15, -0.1) is 0 Å². The molecule has 0 aliphatic rings. The van der Waals surface area contributed by atoms with Gasteiger partial charge < -0.3 is 4.74 Å². The van der Waals surface area contributed by atoms with Crippen LogP contribution in [0.3, 0.4) is 0 Å². The summed E-state index contributed by atoms with van der Waals surface area (Å²) in [6.07, 6.45) is 0.800. The Balaban J connectivity index is 2.26. The minimum Gasteiger partial charge on any atom is -0.496 e. The summed E-state index contributed by atoms with van der Waals surface area (Å²) < 4.78 is 19.1. The number of benzene rings is 2. The number of ether oxygens (including phenoxy) is 1. The van der Waals surface area contributed by atoms with Gasteiger partial charge in [0.05, 0.1) is 7.11 Å². The summed E-state index contributed by atoms with van der Waals surface area (Å²) in [4.78, 5) is 0.136. The van der Waals surface area contributed by atoms with Crippen LogP contribution in [-0.2, 0) is 6.42 Å². The van der Waals surface area contributed by atoms with Gasteiger partial charge in [0.15, 0.2) is 0 Å². The van der Waals surface area contributed by atoms with Crippen molar-refractivity contribution >= 4 is 15.9 Å². The largest absolute Gasteiger partial charge is 0.496 e. The lowest BCUT2D eigenvalue weighted by molar-refractivity contribution is 0.409. The molecule has 0 saturated heterocycles. The molecule has 0 spiro atoms. The monoisotopic (exact) mass is 336 g/mol. The maximum atomic E-state index is 13.7. The molecule has 0 aliphatic heterocycles. The van der Waals surface area contributed by atoms with E-state index in [2.05, 4.69) is 22.0 Å². The van der Waals surface area contributed by atoms with Gasteiger partial charge in [-0.25, -0.2) is 4.39 Å². The van der Waals surface area contributed by atoms with Gasteiger partial charge in [-0.3, -0.25) is 0 Å². The van der Waals surface area contributed by atoms with E-state index in [1.54, 1.807) is 21.0 Å². The van der Waals surface area contributed by atoms with Crippen molar-refractivity contribution in [3.05, 3.63) is 64.5 Å². The fourth-order valence-electron chi connectivity index (χ4n) is 2.34. The zero-order valence-corrected chi connectivity index (χ0v) is 13.5. The fraction of sp³-hybridized carbons (Fsp3) is 0.294. The second-order valence-electron chi connectivity index (χ2n) is 4.95. The Morgan fingerprint density at radius 1 is 1.15 bits per heavy atom. The van der Waals surface area contributed by atoms with E-state index in [1.165, 1.54) is 0 Å². The molecule has 2 rings (SSSR count). The van der Waals surface area contributed by atoms with Crippen molar-refractivity contribution < 1.29 is 9.13 Å². The molecule has 2 aromatic carbocycles. The summed E-state index contributed by atoms with van der Waals surface area (Å²) in [5, 5.41) is 0. The highest BCUT2D eigenvalue weighted by Crippen LogP contribution is 2.32. The van der Waals surface area contributed by atoms with Crippen LogP contribution >= 0.6 is 15.9 Å². The first kappa shape index (κ1) is 15.0. The van der Waals surface area contributed by atoms with Crippen LogP contribution in [0.2, 0.25) is 0 Å². The van der Waals surface area contributed by atoms with E-state index < -0.39 is 0 Å². The van der Waals surface area contributed by atoms with Crippen molar-refractivity contribution in [1.82, 2.24) is 0 Å². The number of alkyl halides is 1. The molecular weight excluding hydrogens is 319 g/mol. The molecule has 0 fully saturated rings. The molecule has 1 nitrogen and oxygen atoms in total. The molecule has 0 heterocycles. The average molecular weight is 337 g/mol. The first-order valence-electron chi connectivity index (χ1n) is 6.55. The molecule has 20 heavy (non-hydrogen) atoms. The van der Waals surface area contributed by atoms with Crippen molar-refractivity contribution in [2.75, 3.05) is 7.11 Å². The van der Waals surface area contributed by atoms with Crippen molar-refractivity contribution in [3.8, 4) is 5.75 Å². The summed E-state index contributed by atoms with van der Waals surface area (Å²) >= 11 is 3.70. The van der Waals surface area contributed by atoms with Crippen LogP contribution in [0.25, 0.3) is 0 Å². The normalized spacial score (nSPS) is 12.2. The van der Waals surface area contributed by atoms with Crippen LogP contribution in [-0.4, -0.2) is 7.11 Å². The molecule has 3 heteroatoms. The van der Waals surface area contributed by atoms with Crippen LogP contribution in [0.15, 0.2) is 36.4 Å². The highest BCUT2D eigenvalue weighted by molar-refractivity contribution is 9.09. The lowest BCUT2D eigenvalue weighted by Gasteiger charge is -2.15. The minimum atomic E-state index is -0.120. The molecule has 0 radical (unpaired) electrons. The van der Waals surface area contributed by atoms with Crippen molar-refractivity contribution in [2.45, 2.75) is 25.1 Å². The van der Waals surface area contributed by atoms with Gasteiger partial charge in [0.1, 0.15) is 11.6 Å². The summed E-state index contributed by atoms with van der Waals surface area (Å²) in [6, 6.07) is 11.8. The van der Waals surface area contributed by atoms with E-state index in [4.69, 9.17) is 4.74 Å². The van der Waals surface area contributed by atoms with E-state index in [0.29, 0.717) is 11.1 Å². The molecule has 0 aliphatic carbocycles. The third-order valence-corrected chi connectivity index (χ3v) is 4.26. The van der Waals surface area contributed by atoms with Crippen LogP contribution in [0.1, 0.15) is 27.1 Å². The number of hydrogen-bond donors (Lipinski definition) is 0. The van der Waals surface area contributed by atoms with Crippen molar-refractivity contribution in [1.29, 1.82) is 0 Å². The Morgan fingerprint density at radius 2 is 1.75 bits per heavy atom. The third-order valence-electron chi connectivity index (χ3n) is 3.41. The maximum Gasteiger partial charge on any atom is 0.129 e. The number of halogens is 2. The molecule has 1 unspecified atom stereocenters. The third kappa shape index (κ3) is 3.21. The van der Waals surface area contributed by atoms with E-state index in [1.807, 2.05) is 30.3 Å². The molecule has 1 atom stereocenters. The van der Waals surface area contributed by atoms with E-state index >= 15 is 0 Å². The highest BCUT2D eigenvalue weighted by Gasteiger charge is 2.14. The fourth-order valence-corrected chi connectivity index (χ4v) is 2.96. The minimum absolute atomic E-state index is 0.120. The molecule has 0 saturated carbocycles. The summed E-state index contributed by atoms with van der Waals surface area (Å²) in [6.45, 7) is 3.60. The standard InChI is InChI=1S/C17H18BrFO/c1-11-8-14(9-12(2)17(11)19)15(18)10-13-6-4-5-7-16(13)20-3/h4-9,15H,10H2,1-3H3. The Hall–Kier alpha value is -1.35. The predicted octanol–water partition coefficient (Wildman–Crippen LogP) is 5.13. The molecule has 0 N–H and O–H groups in total. The average Bonchev–Trinajstić information content (AvgIpc) is 2.44. The van der Waals surface area contributed by atoms with Crippen molar-refractivity contribution in [3.63, 3.8) is 0 Å². The Kier molecular flexibility index (Phi) is 4.81. The van der Waals surface area contributed by atoms with Gasteiger partial charge in [0.25, 0.3) is 0 Å². The number of rotatable bonds is 4. The van der Waals surface area contributed by atoms with Crippen LogP contribution in [0.4, 0.5) is 4.39 Å². The molecule has 0 amide bonds. The Bertz CT molecular complexity index is 587. The summed E-state index contributed by atoms with van der Waals surface area (Å²) in [7, 11) is 1.67. The first-order chi connectivity index (χ1) is 9.52. The van der Waals surface area contributed by atoms with Crippen LogP contribution < -0.4 is 4.74 Å². The van der Waals surface area contributed by atoms with Gasteiger partial charge in [-0.1, -0.05) is 46.3 Å². The number of aryl methyl sites for hydroxylation is 2. The first-order valence-corrected chi connectivity index (χ1v) is 7.47.